The number of hydrogen-bond acceptors (Lipinski definition) is 3. The number of hydrogen-bond donors (Lipinski definition) is 2. The first-order chi connectivity index (χ1) is 12.3. The summed E-state index contributed by atoms with van der Waals surface area (Å²) in [6.07, 6.45) is 5.62. The molecule has 2 aliphatic heterocycles. The second kappa shape index (κ2) is 7.38. The van der Waals surface area contributed by atoms with Crippen LogP contribution in [0.15, 0.2) is 42.5 Å². The molecule has 4 nitrogen and oxygen atoms in total. The van der Waals surface area contributed by atoms with Crippen LogP contribution in [0.25, 0.3) is 16.3 Å². The molecular formula is C21H24N2O2. The summed E-state index contributed by atoms with van der Waals surface area (Å²) >= 11 is 0. The van der Waals surface area contributed by atoms with Crippen molar-refractivity contribution in [2.45, 2.75) is 25.4 Å². The summed E-state index contributed by atoms with van der Waals surface area (Å²) < 4.78 is 5.60. The average molecular weight is 336 g/mol. The molecule has 25 heavy (non-hydrogen) atoms. The molecule has 2 heterocycles. The third-order valence-electron chi connectivity index (χ3n) is 5.05. The Morgan fingerprint density at radius 3 is 2.88 bits per heavy atom. The van der Waals surface area contributed by atoms with E-state index < -0.39 is 0 Å². The van der Waals surface area contributed by atoms with Gasteiger partial charge in [0.15, 0.2) is 0 Å². The van der Waals surface area contributed by atoms with Gasteiger partial charge in [0, 0.05) is 25.3 Å². The third-order valence-corrected chi connectivity index (χ3v) is 5.05. The van der Waals surface area contributed by atoms with Crippen molar-refractivity contribution in [3.05, 3.63) is 53.6 Å². The number of carbonyl (C=O) groups excluding carboxylic acids is 1. The second-order valence-corrected chi connectivity index (χ2v) is 6.75. The maximum absolute atomic E-state index is 12.7. The Morgan fingerprint density at radius 1 is 1.20 bits per heavy atom. The highest BCUT2D eigenvalue weighted by Gasteiger charge is 2.18. The Labute approximate surface area is 148 Å². The van der Waals surface area contributed by atoms with Crippen LogP contribution < -0.4 is 10.6 Å². The van der Waals surface area contributed by atoms with Crippen molar-refractivity contribution in [2.24, 2.45) is 0 Å². The van der Waals surface area contributed by atoms with Gasteiger partial charge in [0.1, 0.15) is 0 Å². The first-order valence-electron chi connectivity index (χ1n) is 9.14. The Hall–Kier alpha value is -2.17. The smallest absolute Gasteiger partial charge is 0.252 e. The number of carbonyl (C=O) groups is 1. The van der Waals surface area contributed by atoms with Crippen LogP contribution in [0.1, 0.15) is 35.2 Å². The Morgan fingerprint density at radius 2 is 2.08 bits per heavy atom. The van der Waals surface area contributed by atoms with E-state index in [4.69, 9.17) is 4.74 Å². The molecule has 0 aromatic heterocycles. The van der Waals surface area contributed by atoms with Crippen LogP contribution in [-0.2, 0) is 4.74 Å². The van der Waals surface area contributed by atoms with Crippen LogP contribution in [0.3, 0.4) is 0 Å². The van der Waals surface area contributed by atoms with Gasteiger partial charge >= 0.3 is 0 Å². The lowest BCUT2D eigenvalue weighted by Gasteiger charge is -2.17. The Balaban J connectivity index is 1.63. The van der Waals surface area contributed by atoms with Crippen molar-refractivity contribution in [1.82, 2.24) is 10.6 Å². The van der Waals surface area contributed by atoms with E-state index in [2.05, 4.69) is 28.8 Å². The first kappa shape index (κ1) is 16.3. The van der Waals surface area contributed by atoms with Gasteiger partial charge in [0.05, 0.1) is 6.10 Å². The number of rotatable bonds is 4. The molecule has 0 spiro atoms. The van der Waals surface area contributed by atoms with E-state index in [1.165, 1.54) is 11.1 Å². The van der Waals surface area contributed by atoms with Gasteiger partial charge in [0.2, 0.25) is 0 Å². The van der Waals surface area contributed by atoms with Crippen molar-refractivity contribution >= 4 is 22.3 Å². The highest BCUT2D eigenvalue weighted by Crippen LogP contribution is 2.28. The molecule has 130 valence electrons. The highest BCUT2D eigenvalue weighted by atomic mass is 16.5. The number of amides is 1. The van der Waals surface area contributed by atoms with Crippen molar-refractivity contribution in [3.63, 3.8) is 0 Å². The van der Waals surface area contributed by atoms with Gasteiger partial charge in [-0.25, -0.2) is 0 Å². The molecule has 1 fully saturated rings. The van der Waals surface area contributed by atoms with Crippen molar-refractivity contribution < 1.29 is 9.53 Å². The summed E-state index contributed by atoms with van der Waals surface area (Å²) in [5.41, 5.74) is 3.27. The van der Waals surface area contributed by atoms with Gasteiger partial charge < -0.3 is 15.4 Å². The highest BCUT2D eigenvalue weighted by molar-refractivity contribution is 6.09. The zero-order valence-corrected chi connectivity index (χ0v) is 14.4. The maximum atomic E-state index is 12.7. The van der Waals surface area contributed by atoms with Crippen LogP contribution in [0.4, 0.5) is 0 Å². The summed E-state index contributed by atoms with van der Waals surface area (Å²) in [6.45, 7) is 3.31. The van der Waals surface area contributed by atoms with E-state index in [0.717, 1.165) is 55.3 Å². The molecule has 2 aliphatic rings. The number of benzene rings is 2. The fraction of sp³-hybridized carbons (Fsp3) is 0.381. The maximum Gasteiger partial charge on any atom is 0.252 e. The monoisotopic (exact) mass is 336 g/mol. The number of fused-ring (bicyclic) bond motifs is 1. The largest absolute Gasteiger partial charge is 0.376 e. The van der Waals surface area contributed by atoms with E-state index in [9.17, 15) is 4.79 Å². The first-order valence-corrected chi connectivity index (χ1v) is 9.14. The molecule has 2 N–H and O–H groups in total. The van der Waals surface area contributed by atoms with E-state index in [-0.39, 0.29) is 12.0 Å². The van der Waals surface area contributed by atoms with Crippen molar-refractivity contribution in [3.8, 4) is 0 Å². The predicted octanol–water partition coefficient (Wildman–Crippen LogP) is 3.13. The molecule has 2 aromatic rings. The van der Waals surface area contributed by atoms with Crippen LogP contribution in [0, 0.1) is 0 Å². The Bertz CT molecular complexity index is 807. The molecule has 1 saturated heterocycles. The van der Waals surface area contributed by atoms with Gasteiger partial charge in [-0.2, -0.15) is 0 Å². The van der Waals surface area contributed by atoms with Crippen LogP contribution in [0.5, 0.6) is 0 Å². The molecule has 0 saturated carbocycles. The summed E-state index contributed by atoms with van der Waals surface area (Å²) in [4.78, 5) is 12.7. The molecule has 1 amide bonds. The van der Waals surface area contributed by atoms with Crippen molar-refractivity contribution in [1.29, 1.82) is 0 Å². The minimum atomic E-state index is -0.0194. The zero-order chi connectivity index (χ0) is 17.1. The molecule has 0 bridgehead atoms. The van der Waals surface area contributed by atoms with Crippen LogP contribution >= 0.6 is 0 Å². The molecule has 2 aromatic carbocycles. The normalized spacial score (nSPS) is 20.5. The molecule has 0 aliphatic carbocycles. The number of nitrogens with one attached hydrogen (secondary N) is 2. The van der Waals surface area contributed by atoms with E-state index in [1.54, 1.807) is 0 Å². The van der Waals surface area contributed by atoms with Crippen molar-refractivity contribution in [2.75, 3.05) is 26.2 Å². The predicted molar refractivity (Wildman–Crippen MR) is 101 cm³/mol. The minimum absolute atomic E-state index is 0.0194. The summed E-state index contributed by atoms with van der Waals surface area (Å²) in [6, 6.07) is 12.2. The topological polar surface area (TPSA) is 50.4 Å². The Kier molecular flexibility index (Phi) is 4.81. The SMILES string of the molecule is O=C(NCC1CCCO1)c1cccc2c(C3=CCCNC3)cccc12. The molecule has 1 atom stereocenters. The van der Waals surface area contributed by atoms with Gasteiger partial charge in [-0.1, -0.05) is 36.4 Å². The summed E-state index contributed by atoms with van der Waals surface area (Å²) in [5.74, 6) is -0.0194. The van der Waals surface area contributed by atoms with Gasteiger partial charge in [-0.15, -0.1) is 0 Å². The summed E-state index contributed by atoms with van der Waals surface area (Å²) in [7, 11) is 0. The fourth-order valence-electron chi connectivity index (χ4n) is 3.74. The second-order valence-electron chi connectivity index (χ2n) is 6.75. The van der Waals surface area contributed by atoms with Crippen LogP contribution in [0.2, 0.25) is 0 Å². The van der Waals surface area contributed by atoms with E-state index in [1.807, 2.05) is 24.3 Å². The van der Waals surface area contributed by atoms with Crippen LogP contribution in [-0.4, -0.2) is 38.3 Å². The fourth-order valence-corrected chi connectivity index (χ4v) is 3.74. The number of ether oxygens (including phenoxy) is 1. The standard InChI is InChI=1S/C21H24N2O2/c24-21(23-14-16-6-4-12-25-16)20-10-2-8-18-17(7-1-9-19(18)20)15-5-3-11-22-13-15/h1-2,5,7-10,16,22H,3-4,6,11-14H2,(H,23,24). The summed E-state index contributed by atoms with van der Waals surface area (Å²) in [5, 5.41) is 8.62. The van der Waals surface area contributed by atoms with E-state index in [0.29, 0.717) is 6.54 Å². The lowest BCUT2D eigenvalue weighted by molar-refractivity contribution is 0.0859. The van der Waals surface area contributed by atoms with Gasteiger partial charge in [0.25, 0.3) is 5.91 Å². The average Bonchev–Trinajstić information content (AvgIpc) is 3.19. The minimum Gasteiger partial charge on any atom is -0.376 e. The molecule has 1 unspecified atom stereocenters. The lowest BCUT2D eigenvalue weighted by atomic mass is 9.93. The lowest BCUT2D eigenvalue weighted by Crippen LogP contribution is -2.31. The van der Waals surface area contributed by atoms with Gasteiger partial charge in [-0.3, -0.25) is 4.79 Å². The molecule has 4 heteroatoms. The zero-order valence-electron chi connectivity index (χ0n) is 14.4. The quantitative estimate of drug-likeness (QED) is 0.902. The van der Waals surface area contributed by atoms with E-state index >= 15 is 0 Å². The van der Waals surface area contributed by atoms with Gasteiger partial charge in [-0.05, 0) is 53.8 Å². The third kappa shape index (κ3) is 3.46. The molecule has 4 rings (SSSR count). The molecular weight excluding hydrogens is 312 g/mol. The molecule has 0 radical (unpaired) electrons.